The Morgan fingerprint density at radius 2 is 2.33 bits per heavy atom. The maximum Gasteiger partial charge on any atom is 0.0617 e. The maximum absolute atomic E-state index is 5.63. The molecule has 2 unspecified atom stereocenters. The number of hydrogen-bond acceptors (Lipinski definition) is 3. The lowest BCUT2D eigenvalue weighted by Gasteiger charge is -2.37. The molecule has 0 bridgehead atoms. The lowest BCUT2D eigenvalue weighted by atomic mass is 9.93. The van der Waals surface area contributed by atoms with Crippen molar-refractivity contribution in [3.05, 3.63) is 0 Å². The molecule has 1 aliphatic heterocycles. The van der Waals surface area contributed by atoms with Gasteiger partial charge in [-0.2, -0.15) is 0 Å². The van der Waals surface area contributed by atoms with E-state index in [1.54, 1.807) is 7.11 Å². The van der Waals surface area contributed by atoms with Gasteiger partial charge in [0.2, 0.25) is 0 Å². The molecule has 2 atom stereocenters. The van der Waals surface area contributed by atoms with Crippen LogP contribution in [0.4, 0.5) is 0 Å². The van der Waals surface area contributed by atoms with Gasteiger partial charge in [-0.1, -0.05) is 6.92 Å². The lowest BCUT2D eigenvalue weighted by molar-refractivity contribution is 0.0563. The second-order valence-corrected chi connectivity index (χ2v) is 4.60. The summed E-state index contributed by atoms with van der Waals surface area (Å²) in [5.41, 5.74) is 5.63. The predicted octanol–water partition coefficient (Wildman–Crippen LogP) is 1.47. The molecule has 0 radical (unpaired) electrons. The fourth-order valence-corrected chi connectivity index (χ4v) is 2.57. The number of nitrogens with zero attached hydrogens (tertiary/aromatic N) is 1. The number of piperidine rings is 1. The van der Waals surface area contributed by atoms with Crippen LogP contribution in [0.15, 0.2) is 0 Å². The van der Waals surface area contributed by atoms with Crippen LogP contribution >= 0.6 is 0 Å². The van der Waals surface area contributed by atoms with Crippen LogP contribution in [0.2, 0.25) is 0 Å². The van der Waals surface area contributed by atoms with Crippen LogP contribution in [0, 0.1) is 5.92 Å². The monoisotopic (exact) mass is 214 g/mol. The second-order valence-electron chi connectivity index (χ2n) is 4.60. The van der Waals surface area contributed by atoms with Crippen molar-refractivity contribution >= 4 is 0 Å². The molecule has 0 spiro atoms. The van der Waals surface area contributed by atoms with Gasteiger partial charge in [-0.15, -0.1) is 0 Å². The normalized spacial score (nSPS) is 25.4. The molecule has 0 aromatic carbocycles. The van der Waals surface area contributed by atoms with Crippen LogP contribution in [0.3, 0.4) is 0 Å². The van der Waals surface area contributed by atoms with E-state index in [9.17, 15) is 0 Å². The van der Waals surface area contributed by atoms with E-state index in [0.717, 1.165) is 19.1 Å². The molecule has 0 saturated carbocycles. The molecule has 3 nitrogen and oxygen atoms in total. The first-order valence-corrected chi connectivity index (χ1v) is 6.24. The quantitative estimate of drug-likeness (QED) is 0.728. The zero-order chi connectivity index (χ0) is 11.1. The van der Waals surface area contributed by atoms with Crippen molar-refractivity contribution in [3.8, 4) is 0 Å². The Kier molecular flexibility index (Phi) is 6.22. The Morgan fingerprint density at radius 3 is 2.93 bits per heavy atom. The molecule has 2 N–H and O–H groups in total. The summed E-state index contributed by atoms with van der Waals surface area (Å²) >= 11 is 0. The molecule has 3 heteroatoms. The van der Waals surface area contributed by atoms with Gasteiger partial charge in [-0.3, -0.25) is 4.90 Å². The van der Waals surface area contributed by atoms with E-state index in [2.05, 4.69) is 11.8 Å². The average Bonchev–Trinajstić information content (AvgIpc) is 2.27. The fourth-order valence-electron chi connectivity index (χ4n) is 2.57. The van der Waals surface area contributed by atoms with Crippen LogP contribution in [-0.2, 0) is 4.74 Å². The minimum Gasteiger partial charge on any atom is -0.383 e. The summed E-state index contributed by atoms with van der Waals surface area (Å²) in [6.45, 7) is 6.41. The highest BCUT2D eigenvalue weighted by Gasteiger charge is 2.24. The highest BCUT2D eigenvalue weighted by Crippen LogP contribution is 2.21. The molecule has 1 heterocycles. The highest BCUT2D eigenvalue weighted by molar-refractivity contribution is 4.78. The van der Waals surface area contributed by atoms with Crippen LogP contribution in [0.1, 0.15) is 32.6 Å². The number of rotatable bonds is 6. The molecule has 1 fully saturated rings. The van der Waals surface area contributed by atoms with Crippen molar-refractivity contribution in [2.45, 2.75) is 38.6 Å². The molecule has 0 aliphatic carbocycles. The van der Waals surface area contributed by atoms with Gasteiger partial charge in [-0.25, -0.2) is 0 Å². The van der Waals surface area contributed by atoms with Crippen molar-refractivity contribution in [3.63, 3.8) is 0 Å². The van der Waals surface area contributed by atoms with Gasteiger partial charge >= 0.3 is 0 Å². The largest absolute Gasteiger partial charge is 0.383 e. The van der Waals surface area contributed by atoms with Gasteiger partial charge in [0.25, 0.3) is 0 Å². The molecular weight excluding hydrogens is 188 g/mol. The van der Waals surface area contributed by atoms with E-state index in [4.69, 9.17) is 10.5 Å². The summed E-state index contributed by atoms with van der Waals surface area (Å²) in [6, 6.07) is 0.607. The summed E-state index contributed by atoms with van der Waals surface area (Å²) in [6.07, 6.45) is 5.05. The van der Waals surface area contributed by atoms with Crippen molar-refractivity contribution in [2.24, 2.45) is 11.7 Å². The van der Waals surface area contributed by atoms with Crippen LogP contribution < -0.4 is 5.73 Å². The first kappa shape index (κ1) is 12.9. The van der Waals surface area contributed by atoms with Crippen LogP contribution in [-0.4, -0.2) is 44.3 Å². The summed E-state index contributed by atoms with van der Waals surface area (Å²) in [4.78, 5) is 2.59. The fraction of sp³-hybridized carbons (Fsp3) is 1.00. The van der Waals surface area contributed by atoms with Crippen LogP contribution in [0.5, 0.6) is 0 Å². The highest BCUT2D eigenvalue weighted by atomic mass is 16.5. The van der Waals surface area contributed by atoms with Crippen molar-refractivity contribution in [1.29, 1.82) is 0 Å². The lowest BCUT2D eigenvalue weighted by Crippen LogP contribution is -2.44. The van der Waals surface area contributed by atoms with E-state index in [0.29, 0.717) is 6.04 Å². The van der Waals surface area contributed by atoms with Crippen molar-refractivity contribution in [2.75, 3.05) is 33.4 Å². The van der Waals surface area contributed by atoms with E-state index in [-0.39, 0.29) is 0 Å². The Hall–Kier alpha value is -0.120. The van der Waals surface area contributed by atoms with Crippen LogP contribution in [0.25, 0.3) is 0 Å². The first-order chi connectivity index (χ1) is 7.31. The van der Waals surface area contributed by atoms with Crippen molar-refractivity contribution in [1.82, 2.24) is 4.90 Å². The number of nitrogens with two attached hydrogens (primary N) is 1. The molecular formula is C12H26N2O. The maximum atomic E-state index is 5.63. The van der Waals surface area contributed by atoms with Gasteiger partial charge < -0.3 is 10.5 Å². The number of likely N-dealkylation sites (tertiary alicyclic amines) is 1. The van der Waals surface area contributed by atoms with Gasteiger partial charge in [0.15, 0.2) is 0 Å². The Bertz CT molecular complexity index is 162. The van der Waals surface area contributed by atoms with Gasteiger partial charge in [0.05, 0.1) is 6.61 Å². The number of methoxy groups -OCH3 is 1. The molecule has 1 rings (SSSR count). The minimum absolute atomic E-state index is 0.607. The van der Waals surface area contributed by atoms with E-state index >= 15 is 0 Å². The van der Waals surface area contributed by atoms with Crippen molar-refractivity contribution < 1.29 is 4.74 Å². The van der Waals surface area contributed by atoms with E-state index in [1.165, 1.54) is 38.8 Å². The SMILES string of the molecule is CCC(COC)N1CCCC(CCN)C1. The Labute approximate surface area is 94.0 Å². The average molecular weight is 214 g/mol. The number of hydrogen-bond donors (Lipinski definition) is 1. The molecule has 0 aromatic heterocycles. The van der Waals surface area contributed by atoms with Gasteiger partial charge in [0.1, 0.15) is 0 Å². The third-order valence-electron chi connectivity index (χ3n) is 3.47. The zero-order valence-electron chi connectivity index (χ0n) is 10.2. The van der Waals surface area contributed by atoms with E-state index in [1.807, 2.05) is 0 Å². The summed E-state index contributed by atoms with van der Waals surface area (Å²) in [5.74, 6) is 0.814. The Balaban J connectivity index is 2.39. The second kappa shape index (κ2) is 7.20. The standard InChI is InChI=1S/C12H26N2O/c1-3-12(10-15-2)14-8-4-5-11(9-14)6-7-13/h11-12H,3-10,13H2,1-2H3. The molecule has 0 aromatic rings. The summed E-state index contributed by atoms with van der Waals surface area (Å²) < 4.78 is 5.28. The smallest absolute Gasteiger partial charge is 0.0617 e. The topological polar surface area (TPSA) is 38.5 Å². The molecule has 1 saturated heterocycles. The third-order valence-corrected chi connectivity index (χ3v) is 3.47. The first-order valence-electron chi connectivity index (χ1n) is 6.24. The van der Waals surface area contributed by atoms with E-state index < -0.39 is 0 Å². The summed E-state index contributed by atoms with van der Waals surface area (Å²) in [7, 11) is 1.80. The molecule has 15 heavy (non-hydrogen) atoms. The molecule has 0 amide bonds. The number of ether oxygens (including phenoxy) is 1. The minimum atomic E-state index is 0.607. The van der Waals surface area contributed by atoms with Gasteiger partial charge in [-0.05, 0) is 44.7 Å². The molecule has 1 aliphatic rings. The zero-order valence-corrected chi connectivity index (χ0v) is 10.2. The molecule has 90 valence electrons. The summed E-state index contributed by atoms with van der Waals surface area (Å²) in [5, 5.41) is 0. The van der Waals surface area contributed by atoms with Gasteiger partial charge in [0, 0.05) is 19.7 Å². The Morgan fingerprint density at radius 1 is 1.53 bits per heavy atom. The predicted molar refractivity (Wildman–Crippen MR) is 63.9 cm³/mol. The third kappa shape index (κ3) is 4.09.